The molecule has 1 aromatic carbocycles. The smallest absolute Gasteiger partial charge is 0.258 e. The van der Waals surface area contributed by atoms with Crippen LogP contribution in [0.5, 0.6) is 5.75 Å². The van der Waals surface area contributed by atoms with Gasteiger partial charge in [-0.2, -0.15) is 0 Å². The molecule has 0 fully saturated rings. The second kappa shape index (κ2) is 5.00. The summed E-state index contributed by atoms with van der Waals surface area (Å²) in [5.41, 5.74) is 1.20. The van der Waals surface area contributed by atoms with E-state index in [1.165, 1.54) is 0 Å². The van der Waals surface area contributed by atoms with Gasteiger partial charge in [0, 0.05) is 11.8 Å². The Balaban J connectivity index is 1.84. The van der Waals surface area contributed by atoms with Gasteiger partial charge >= 0.3 is 0 Å². The van der Waals surface area contributed by atoms with Crippen LogP contribution in [0.15, 0.2) is 48.7 Å². The average Bonchev–Trinajstić information content (AvgIpc) is 2.91. The van der Waals surface area contributed by atoms with Crippen LogP contribution in [0.4, 0.5) is 5.95 Å². The lowest BCUT2D eigenvalue weighted by Crippen LogP contribution is -2.14. The van der Waals surface area contributed by atoms with Crippen LogP contribution in [-0.4, -0.2) is 27.6 Å². The number of carbonyl (C=O) groups is 1. The van der Waals surface area contributed by atoms with Gasteiger partial charge in [0.2, 0.25) is 5.95 Å². The van der Waals surface area contributed by atoms with Crippen molar-refractivity contribution in [2.24, 2.45) is 0 Å². The predicted molar refractivity (Wildman–Crippen MR) is 73.9 cm³/mol. The fraction of sp³-hybridized carbons (Fsp3) is 0.0714. The number of rotatable bonds is 3. The zero-order chi connectivity index (χ0) is 13.9. The molecule has 0 atom stereocenters. The predicted octanol–water partition coefficient (Wildman–Crippen LogP) is 1.99. The molecule has 1 amide bonds. The molecule has 1 N–H and O–H groups in total. The van der Waals surface area contributed by atoms with Crippen LogP contribution in [0.2, 0.25) is 0 Å². The minimum absolute atomic E-state index is 0.245. The van der Waals surface area contributed by atoms with Crippen molar-refractivity contribution in [3.8, 4) is 5.75 Å². The summed E-state index contributed by atoms with van der Waals surface area (Å²) in [5, 5.41) is 10.7. The molecule has 0 aliphatic carbocycles. The van der Waals surface area contributed by atoms with Crippen molar-refractivity contribution in [2.45, 2.75) is 0 Å². The number of anilines is 1. The molecule has 0 saturated carbocycles. The number of aromatic nitrogens is 3. The Morgan fingerprint density at radius 3 is 2.70 bits per heavy atom. The number of hydrogen-bond donors (Lipinski definition) is 1. The summed E-state index contributed by atoms with van der Waals surface area (Å²) < 4.78 is 6.76. The second-order valence-electron chi connectivity index (χ2n) is 4.14. The van der Waals surface area contributed by atoms with Crippen molar-refractivity contribution >= 4 is 17.5 Å². The molecule has 3 rings (SSSR count). The molecule has 3 aromatic rings. The van der Waals surface area contributed by atoms with Gasteiger partial charge in [-0.15, -0.1) is 10.2 Å². The molecule has 0 aliphatic rings. The third kappa shape index (κ3) is 2.18. The van der Waals surface area contributed by atoms with E-state index in [4.69, 9.17) is 4.74 Å². The molecule has 0 unspecified atom stereocenters. The molecule has 0 bridgehead atoms. The first kappa shape index (κ1) is 12.2. The van der Waals surface area contributed by atoms with Crippen molar-refractivity contribution < 1.29 is 9.53 Å². The molecule has 6 heteroatoms. The summed E-state index contributed by atoms with van der Waals surface area (Å²) in [6, 6.07) is 12.4. The van der Waals surface area contributed by atoms with E-state index < -0.39 is 0 Å². The van der Waals surface area contributed by atoms with Crippen LogP contribution in [-0.2, 0) is 0 Å². The Kier molecular flexibility index (Phi) is 3.04. The Morgan fingerprint density at radius 1 is 1.15 bits per heavy atom. The number of benzene rings is 1. The second-order valence-corrected chi connectivity index (χ2v) is 4.14. The summed E-state index contributed by atoms with van der Waals surface area (Å²) in [6.45, 7) is 0. The van der Waals surface area contributed by atoms with Crippen molar-refractivity contribution in [1.82, 2.24) is 14.6 Å². The minimum Gasteiger partial charge on any atom is -0.497 e. The van der Waals surface area contributed by atoms with E-state index in [0.717, 1.165) is 0 Å². The van der Waals surface area contributed by atoms with E-state index in [-0.39, 0.29) is 5.91 Å². The molecule has 100 valence electrons. The van der Waals surface area contributed by atoms with Crippen LogP contribution in [0.25, 0.3) is 5.65 Å². The molecule has 2 aromatic heterocycles. The number of methoxy groups -OCH3 is 1. The Morgan fingerprint density at radius 2 is 1.95 bits per heavy atom. The normalized spacial score (nSPS) is 10.4. The number of fused-ring (bicyclic) bond motifs is 1. The number of ether oxygens (including phenoxy) is 1. The monoisotopic (exact) mass is 268 g/mol. The van der Waals surface area contributed by atoms with Crippen LogP contribution >= 0.6 is 0 Å². The topological polar surface area (TPSA) is 68.5 Å². The van der Waals surface area contributed by atoms with Crippen molar-refractivity contribution in [3.63, 3.8) is 0 Å². The molecule has 6 nitrogen and oxygen atoms in total. The van der Waals surface area contributed by atoms with E-state index in [2.05, 4.69) is 15.5 Å². The SMILES string of the molecule is COc1ccc(C(=O)Nc2nnc3ccccn23)cc1. The summed E-state index contributed by atoms with van der Waals surface area (Å²) in [7, 11) is 1.58. The number of nitrogens with zero attached hydrogens (tertiary/aromatic N) is 3. The first-order valence-corrected chi connectivity index (χ1v) is 6.03. The summed E-state index contributed by atoms with van der Waals surface area (Å²) in [4.78, 5) is 12.1. The summed E-state index contributed by atoms with van der Waals surface area (Å²) in [5.74, 6) is 0.849. The minimum atomic E-state index is -0.245. The maximum atomic E-state index is 12.1. The van der Waals surface area contributed by atoms with E-state index >= 15 is 0 Å². The largest absolute Gasteiger partial charge is 0.497 e. The number of nitrogens with one attached hydrogen (secondary N) is 1. The maximum absolute atomic E-state index is 12.1. The Labute approximate surface area is 115 Å². The first-order valence-electron chi connectivity index (χ1n) is 6.03. The van der Waals surface area contributed by atoms with Crippen LogP contribution in [0.1, 0.15) is 10.4 Å². The molecule has 0 radical (unpaired) electrons. The lowest BCUT2D eigenvalue weighted by Gasteiger charge is -2.04. The number of pyridine rings is 1. The highest BCUT2D eigenvalue weighted by Gasteiger charge is 2.10. The number of amides is 1. The molecule has 2 heterocycles. The molecule has 0 spiro atoms. The quantitative estimate of drug-likeness (QED) is 0.788. The van der Waals surface area contributed by atoms with E-state index in [9.17, 15) is 4.79 Å². The fourth-order valence-electron chi connectivity index (χ4n) is 1.84. The van der Waals surface area contributed by atoms with Gasteiger partial charge < -0.3 is 4.74 Å². The first-order chi connectivity index (χ1) is 9.78. The Bertz CT molecular complexity index is 749. The standard InChI is InChI=1S/C14H12N4O2/c1-20-11-7-5-10(6-8-11)13(19)15-14-17-16-12-4-2-3-9-18(12)14/h2-9H,1H3,(H,15,17,19). The summed E-state index contributed by atoms with van der Waals surface area (Å²) in [6.07, 6.45) is 1.79. The van der Waals surface area contributed by atoms with Gasteiger partial charge in [0.15, 0.2) is 5.65 Å². The lowest BCUT2D eigenvalue weighted by atomic mass is 10.2. The van der Waals surface area contributed by atoms with Gasteiger partial charge in [-0.1, -0.05) is 6.07 Å². The third-order valence-electron chi connectivity index (χ3n) is 2.89. The van der Waals surface area contributed by atoms with Crippen LogP contribution in [0.3, 0.4) is 0 Å². The van der Waals surface area contributed by atoms with Gasteiger partial charge in [0.25, 0.3) is 5.91 Å². The molecule has 0 saturated heterocycles. The van der Waals surface area contributed by atoms with E-state index in [1.807, 2.05) is 18.2 Å². The Hall–Kier alpha value is -2.89. The van der Waals surface area contributed by atoms with Crippen molar-refractivity contribution in [3.05, 3.63) is 54.2 Å². The number of hydrogen-bond acceptors (Lipinski definition) is 4. The van der Waals surface area contributed by atoms with Crippen LogP contribution < -0.4 is 10.1 Å². The third-order valence-corrected chi connectivity index (χ3v) is 2.89. The fourth-order valence-corrected chi connectivity index (χ4v) is 1.84. The van der Waals surface area contributed by atoms with Crippen molar-refractivity contribution in [2.75, 3.05) is 12.4 Å². The summed E-state index contributed by atoms with van der Waals surface area (Å²) >= 11 is 0. The average molecular weight is 268 g/mol. The van der Waals surface area contributed by atoms with Crippen LogP contribution in [0, 0.1) is 0 Å². The van der Waals surface area contributed by atoms with E-state index in [1.54, 1.807) is 42.0 Å². The van der Waals surface area contributed by atoms with Gasteiger partial charge in [-0.25, -0.2) is 0 Å². The lowest BCUT2D eigenvalue weighted by molar-refractivity contribution is 0.102. The molecular weight excluding hydrogens is 256 g/mol. The van der Waals surface area contributed by atoms with Gasteiger partial charge in [-0.05, 0) is 36.4 Å². The molecule has 0 aliphatic heterocycles. The molecular formula is C14H12N4O2. The van der Waals surface area contributed by atoms with Gasteiger partial charge in [-0.3, -0.25) is 14.5 Å². The molecule has 20 heavy (non-hydrogen) atoms. The van der Waals surface area contributed by atoms with Crippen molar-refractivity contribution in [1.29, 1.82) is 0 Å². The number of carbonyl (C=O) groups excluding carboxylic acids is 1. The highest BCUT2D eigenvalue weighted by molar-refractivity contribution is 6.03. The highest BCUT2D eigenvalue weighted by Crippen LogP contribution is 2.13. The van der Waals surface area contributed by atoms with Gasteiger partial charge in [0.05, 0.1) is 7.11 Å². The zero-order valence-electron chi connectivity index (χ0n) is 10.8. The maximum Gasteiger partial charge on any atom is 0.258 e. The van der Waals surface area contributed by atoms with E-state index in [0.29, 0.717) is 22.9 Å². The van der Waals surface area contributed by atoms with Gasteiger partial charge in [0.1, 0.15) is 5.75 Å². The highest BCUT2D eigenvalue weighted by atomic mass is 16.5. The zero-order valence-corrected chi connectivity index (χ0v) is 10.8.